The molecule has 0 aliphatic heterocycles. The zero-order chi connectivity index (χ0) is 24.5. The molecule has 0 saturated heterocycles. The molecule has 0 heterocycles. The van der Waals surface area contributed by atoms with Gasteiger partial charge in [0.05, 0.1) is 0 Å². The Kier molecular flexibility index (Phi) is 8.11. The van der Waals surface area contributed by atoms with Gasteiger partial charge in [-0.3, -0.25) is 4.79 Å². The number of nitrogens with zero attached hydrogens (tertiary/aromatic N) is 1. The van der Waals surface area contributed by atoms with Crippen LogP contribution in [-0.2, 0) is 17.8 Å². The molecule has 0 aliphatic carbocycles. The Morgan fingerprint density at radius 3 is 2.23 bits per heavy atom. The zero-order valence-electron chi connectivity index (χ0n) is 18.9. The van der Waals surface area contributed by atoms with Crippen LogP contribution in [0, 0.1) is 11.3 Å². The minimum absolute atomic E-state index is 0.0351. The van der Waals surface area contributed by atoms with E-state index in [0.29, 0.717) is 18.0 Å². The van der Waals surface area contributed by atoms with Crippen molar-refractivity contribution < 1.29 is 9.53 Å². The molecule has 4 aromatic carbocycles. The van der Waals surface area contributed by atoms with Crippen molar-refractivity contribution in [1.82, 2.24) is 0 Å². The molecule has 0 radical (unpaired) electrons. The first-order chi connectivity index (χ1) is 17.1. The van der Waals surface area contributed by atoms with Gasteiger partial charge in [-0.25, -0.2) is 0 Å². The average molecular weight is 523 g/mol. The summed E-state index contributed by atoms with van der Waals surface area (Å²) in [7, 11) is 0. The van der Waals surface area contributed by atoms with Gasteiger partial charge in [0.15, 0.2) is 0 Å². The van der Waals surface area contributed by atoms with Crippen LogP contribution in [0.3, 0.4) is 0 Å². The fraction of sp³-hybridized carbons (Fsp3) is 0.0667. The molecule has 0 bridgehead atoms. The van der Waals surface area contributed by atoms with E-state index >= 15 is 0 Å². The molecule has 0 aliphatic rings. The molecule has 4 nitrogen and oxygen atoms in total. The molecule has 0 saturated carbocycles. The van der Waals surface area contributed by atoms with Gasteiger partial charge in [0, 0.05) is 10.2 Å². The van der Waals surface area contributed by atoms with E-state index in [0.717, 1.165) is 27.6 Å². The minimum Gasteiger partial charge on any atom is -0.489 e. The van der Waals surface area contributed by atoms with Gasteiger partial charge in [0.1, 0.15) is 24.0 Å². The lowest BCUT2D eigenvalue weighted by Gasteiger charge is -2.08. The monoisotopic (exact) mass is 522 g/mol. The van der Waals surface area contributed by atoms with E-state index in [-0.39, 0.29) is 5.57 Å². The maximum atomic E-state index is 12.7. The van der Waals surface area contributed by atoms with Crippen molar-refractivity contribution in [1.29, 1.82) is 5.26 Å². The van der Waals surface area contributed by atoms with Crippen LogP contribution in [0.4, 0.5) is 5.69 Å². The van der Waals surface area contributed by atoms with Crippen molar-refractivity contribution in [2.45, 2.75) is 13.0 Å². The number of halogens is 1. The predicted molar refractivity (Wildman–Crippen MR) is 143 cm³/mol. The van der Waals surface area contributed by atoms with Crippen LogP contribution in [-0.4, -0.2) is 5.91 Å². The molecule has 4 rings (SSSR count). The third-order valence-corrected chi connectivity index (χ3v) is 6.14. The number of rotatable bonds is 8. The van der Waals surface area contributed by atoms with E-state index < -0.39 is 5.91 Å². The summed E-state index contributed by atoms with van der Waals surface area (Å²) in [6.45, 7) is 0.468. The van der Waals surface area contributed by atoms with Crippen LogP contribution in [0.25, 0.3) is 6.08 Å². The third-order valence-electron chi connectivity index (χ3n) is 5.37. The number of nitrogens with one attached hydrogen (secondary N) is 1. The third kappa shape index (κ3) is 6.92. The Hall–Kier alpha value is -4.14. The van der Waals surface area contributed by atoms with Gasteiger partial charge >= 0.3 is 0 Å². The SMILES string of the molecule is N#C/C(=C\c1ccc(Cc2ccccc2Br)cc1)C(=O)Nc1ccc(OCc2ccccc2)cc1. The number of hydrogen-bond acceptors (Lipinski definition) is 3. The summed E-state index contributed by atoms with van der Waals surface area (Å²) < 4.78 is 6.85. The first kappa shape index (κ1) is 24.0. The normalized spacial score (nSPS) is 10.9. The van der Waals surface area contributed by atoms with Gasteiger partial charge in [-0.2, -0.15) is 5.26 Å². The van der Waals surface area contributed by atoms with Gasteiger partial charge < -0.3 is 10.1 Å². The van der Waals surface area contributed by atoms with Crippen LogP contribution in [0.5, 0.6) is 5.75 Å². The highest BCUT2D eigenvalue weighted by atomic mass is 79.9. The van der Waals surface area contributed by atoms with Gasteiger partial charge in [0.25, 0.3) is 5.91 Å². The molecular weight excluding hydrogens is 500 g/mol. The largest absolute Gasteiger partial charge is 0.489 e. The number of carbonyl (C=O) groups is 1. The standard InChI is InChI=1S/C30H23BrN2O2/c31-29-9-5-4-8-25(29)18-22-10-12-23(13-11-22)19-26(20-32)30(34)33-27-14-16-28(17-15-27)35-21-24-6-2-1-3-7-24/h1-17,19H,18,21H2,(H,33,34)/b26-19+. The molecule has 0 spiro atoms. The molecule has 1 N–H and O–H groups in total. The van der Waals surface area contributed by atoms with Gasteiger partial charge in [-0.15, -0.1) is 0 Å². The summed E-state index contributed by atoms with van der Waals surface area (Å²) in [5, 5.41) is 12.3. The van der Waals surface area contributed by atoms with E-state index in [1.54, 1.807) is 30.3 Å². The number of carbonyl (C=O) groups excluding carboxylic acids is 1. The quantitative estimate of drug-likeness (QED) is 0.197. The molecular formula is C30H23BrN2O2. The van der Waals surface area contributed by atoms with Crippen molar-refractivity contribution in [3.05, 3.63) is 135 Å². The first-order valence-corrected chi connectivity index (χ1v) is 11.9. The van der Waals surface area contributed by atoms with Crippen LogP contribution in [0.15, 0.2) is 113 Å². The summed E-state index contributed by atoms with van der Waals surface area (Å²) in [6, 6.07) is 34.9. The Morgan fingerprint density at radius 2 is 1.54 bits per heavy atom. The summed E-state index contributed by atoms with van der Waals surface area (Å²) in [4.78, 5) is 12.7. The lowest BCUT2D eigenvalue weighted by Crippen LogP contribution is -2.13. The van der Waals surface area contributed by atoms with Gasteiger partial charge in [-0.1, -0.05) is 88.7 Å². The fourth-order valence-electron chi connectivity index (χ4n) is 3.48. The maximum Gasteiger partial charge on any atom is 0.266 e. The Bertz CT molecular complexity index is 1360. The highest BCUT2D eigenvalue weighted by Gasteiger charge is 2.10. The molecule has 1 amide bonds. The van der Waals surface area contributed by atoms with Crippen molar-refractivity contribution in [2.24, 2.45) is 0 Å². The number of amides is 1. The molecule has 0 unspecified atom stereocenters. The summed E-state index contributed by atoms with van der Waals surface area (Å²) in [5.74, 6) is 0.244. The zero-order valence-corrected chi connectivity index (χ0v) is 20.5. The Morgan fingerprint density at radius 1 is 0.857 bits per heavy atom. The van der Waals surface area contributed by atoms with E-state index in [1.807, 2.05) is 78.9 Å². The second-order valence-corrected chi connectivity index (χ2v) is 8.79. The van der Waals surface area contributed by atoms with Gasteiger partial charge in [-0.05, 0) is 65.1 Å². The molecule has 5 heteroatoms. The van der Waals surface area contributed by atoms with E-state index in [4.69, 9.17) is 4.74 Å². The van der Waals surface area contributed by atoms with Crippen LogP contribution in [0.1, 0.15) is 22.3 Å². The highest BCUT2D eigenvalue weighted by Crippen LogP contribution is 2.21. The number of hydrogen-bond donors (Lipinski definition) is 1. The number of nitriles is 1. The summed E-state index contributed by atoms with van der Waals surface area (Å²) in [6.07, 6.45) is 2.39. The van der Waals surface area contributed by atoms with Crippen LogP contribution < -0.4 is 10.1 Å². The molecule has 0 atom stereocenters. The topological polar surface area (TPSA) is 62.1 Å². The highest BCUT2D eigenvalue weighted by molar-refractivity contribution is 9.10. The smallest absolute Gasteiger partial charge is 0.266 e. The van der Waals surface area contributed by atoms with Crippen molar-refractivity contribution in [2.75, 3.05) is 5.32 Å². The molecule has 172 valence electrons. The summed E-state index contributed by atoms with van der Waals surface area (Å²) in [5.41, 5.74) is 4.84. The Balaban J connectivity index is 1.36. The minimum atomic E-state index is -0.456. The molecule has 0 fully saturated rings. The predicted octanol–water partition coefficient (Wildman–Crippen LogP) is 7.16. The number of benzene rings is 4. The second kappa shape index (κ2) is 11.8. The van der Waals surface area contributed by atoms with E-state index in [9.17, 15) is 10.1 Å². The van der Waals surface area contributed by atoms with Gasteiger partial charge in [0.2, 0.25) is 0 Å². The molecule has 35 heavy (non-hydrogen) atoms. The van der Waals surface area contributed by atoms with Crippen LogP contribution >= 0.6 is 15.9 Å². The van der Waals surface area contributed by atoms with Crippen molar-refractivity contribution in [3.8, 4) is 11.8 Å². The number of anilines is 1. The lowest BCUT2D eigenvalue weighted by molar-refractivity contribution is -0.112. The van der Waals surface area contributed by atoms with E-state index in [1.165, 1.54) is 5.56 Å². The van der Waals surface area contributed by atoms with E-state index in [2.05, 4.69) is 27.3 Å². The van der Waals surface area contributed by atoms with Crippen LogP contribution in [0.2, 0.25) is 0 Å². The second-order valence-electron chi connectivity index (χ2n) is 7.93. The fourth-order valence-corrected chi connectivity index (χ4v) is 3.91. The average Bonchev–Trinajstić information content (AvgIpc) is 2.89. The summed E-state index contributed by atoms with van der Waals surface area (Å²) >= 11 is 3.58. The van der Waals surface area contributed by atoms with Crippen molar-refractivity contribution >= 4 is 33.6 Å². The lowest BCUT2D eigenvalue weighted by atomic mass is 10.0. The Labute approximate surface area is 213 Å². The maximum absolute atomic E-state index is 12.7. The molecule has 0 aromatic heterocycles. The first-order valence-electron chi connectivity index (χ1n) is 11.1. The molecule has 4 aromatic rings. The van der Waals surface area contributed by atoms with Crippen molar-refractivity contribution in [3.63, 3.8) is 0 Å². The number of ether oxygens (including phenoxy) is 1.